The van der Waals surface area contributed by atoms with Gasteiger partial charge in [-0.2, -0.15) is 0 Å². The van der Waals surface area contributed by atoms with Gasteiger partial charge in [-0.1, -0.05) is 48.6 Å². The molecule has 0 N–H and O–H groups in total. The maximum absolute atomic E-state index is 12.3. The summed E-state index contributed by atoms with van der Waals surface area (Å²) in [5.41, 5.74) is 2.31. The van der Waals surface area contributed by atoms with Crippen molar-refractivity contribution in [1.82, 2.24) is 0 Å². The minimum absolute atomic E-state index is 0.377. The van der Waals surface area contributed by atoms with Gasteiger partial charge in [0.05, 0.1) is 11.1 Å². The molecule has 3 nitrogen and oxygen atoms in total. The van der Waals surface area contributed by atoms with Gasteiger partial charge in [-0.15, -0.1) is 13.2 Å². The van der Waals surface area contributed by atoms with Crippen LogP contribution in [-0.2, 0) is 17.6 Å². The summed E-state index contributed by atoms with van der Waals surface area (Å²) in [4.78, 5) is 24.6. The highest BCUT2D eigenvalue weighted by molar-refractivity contribution is 6.03. The molecular formula is C20H18O3. The molecule has 0 spiro atoms. The van der Waals surface area contributed by atoms with Gasteiger partial charge in [0.2, 0.25) is 0 Å². The molecule has 0 heterocycles. The van der Waals surface area contributed by atoms with E-state index in [0.717, 1.165) is 11.1 Å². The van der Waals surface area contributed by atoms with Gasteiger partial charge in [-0.3, -0.25) is 0 Å². The fraction of sp³-hybridized carbons (Fsp3) is 0.100. The van der Waals surface area contributed by atoms with Crippen molar-refractivity contribution in [2.75, 3.05) is 0 Å². The van der Waals surface area contributed by atoms with Gasteiger partial charge in [-0.25, -0.2) is 9.59 Å². The zero-order valence-electron chi connectivity index (χ0n) is 12.8. The Hall–Kier alpha value is -2.94. The van der Waals surface area contributed by atoms with E-state index in [-0.39, 0.29) is 0 Å². The Kier molecular flexibility index (Phi) is 5.64. The highest BCUT2D eigenvalue weighted by atomic mass is 16.6. The highest BCUT2D eigenvalue weighted by Gasteiger charge is 2.19. The number of ether oxygens (including phenoxy) is 1. The van der Waals surface area contributed by atoms with Gasteiger partial charge in [-0.05, 0) is 36.1 Å². The van der Waals surface area contributed by atoms with Crippen molar-refractivity contribution in [2.24, 2.45) is 0 Å². The summed E-state index contributed by atoms with van der Waals surface area (Å²) in [5, 5.41) is 0. The standard InChI is InChI=1S/C20H18O3/c1-3-9-15-11-5-7-13-17(15)19(21)23-20(22)18-14-8-6-12-16(18)10-4-2/h3-8,11-14H,1-2,9-10H2. The average Bonchev–Trinajstić information content (AvgIpc) is 2.56. The molecule has 0 aliphatic carbocycles. The number of hydrogen-bond donors (Lipinski definition) is 0. The smallest absolute Gasteiger partial charge is 0.346 e. The van der Waals surface area contributed by atoms with Crippen LogP contribution in [0.15, 0.2) is 73.8 Å². The topological polar surface area (TPSA) is 43.4 Å². The second-order valence-corrected chi connectivity index (χ2v) is 4.98. The van der Waals surface area contributed by atoms with E-state index in [4.69, 9.17) is 4.74 Å². The van der Waals surface area contributed by atoms with Crippen molar-refractivity contribution in [3.05, 3.63) is 96.1 Å². The molecule has 2 rings (SSSR count). The number of carbonyl (C=O) groups is 2. The van der Waals surface area contributed by atoms with E-state index >= 15 is 0 Å². The van der Waals surface area contributed by atoms with Crippen LogP contribution in [0.5, 0.6) is 0 Å². The Morgan fingerprint density at radius 3 is 1.57 bits per heavy atom. The molecule has 116 valence electrons. The molecule has 0 aliphatic heterocycles. The van der Waals surface area contributed by atoms with E-state index in [1.54, 1.807) is 36.4 Å². The first kappa shape index (κ1) is 16.4. The minimum atomic E-state index is -0.652. The largest absolute Gasteiger partial charge is 0.386 e. The van der Waals surface area contributed by atoms with Gasteiger partial charge < -0.3 is 4.74 Å². The normalized spacial score (nSPS) is 9.91. The third-order valence-electron chi connectivity index (χ3n) is 3.39. The lowest BCUT2D eigenvalue weighted by Crippen LogP contribution is -2.15. The number of allylic oxidation sites excluding steroid dienone is 2. The van der Waals surface area contributed by atoms with E-state index in [0.29, 0.717) is 24.0 Å². The summed E-state index contributed by atoms with van der Waals surface area (Å²) in [6.07, 6.45) is 4.47. The molecule has 23 heavy (non-hydrogen) atoms. The average molecular weight is 306 g/mol. The van der Waals surface area contributed by atoms with Crippen LogP contribution in [0.25, 0.3) is 0 Å². The predicted molar refractivity (Wildman–Crippen MR) is 90.4 cm³/mol. The molecule has 0 aromatic heterocycles. The van der Waals surface area contributed by atoms with Gasteiger partial charge >= 0.3 is 11.9 Å². The van der Waals surface area contributed by atoms with E-state index in [9.17, 15) is 9.59 Å². The van der Waals surface area contributed by atoms with Crippen molar-refractivity contribution in [2.45, 2.75) is 12.8 Å². The van der Waals surface area contributed by atoms with Crippen LogP contribution in [-0.4, -0.2) is 11.9 Å². The van der Waals surface area contributed by atoms with Crippen molar-refractivity contribution < 1.29 is 14.3 Å². The monoisotopic (exact) mass is 306 g/mol. The predicted octanol–water partition coefficient (Wildman–Crippen LogP) is 4.14. The second-order valence-electron chi connectivity index (χ2n) is 4.98. The van der Waals surface area contributed by atoms with E-state index < -0.39 is 11.9 Å². The number of rotatable bonds is 6. The van der Waals surface area contributed by atoms with Crippen LogP contribution in [0, 0.1) is 0 Å². The number of hydrogen-bond acceptors (Lipinski definition) is 3. The summed E-state index contributed by atoms with van der Waals surface area (Å²) in [6, 6.07) is 14.0. The van der Waals surface area contributed by atoms with Crippen LogP contribution in [0.2, 0.25) is 0 Å². The van der Waals surface area contributed by atoms with Crippen molar-refractivity contribution in [3.8, 4) is 0 Å². The van der Waals surface area contributed by atoms with Gasteiger partial charge in [0, 0.05) is 0 Å². The molecule has 2 aromatic carbocycles. The lowest BCUT2D eigenvalue weighted by Gasteiger charge is -2.09. The van der Waals surface area contributed by atoms with Gasteiger partial charge in [0.15, 0.2) is 0 Å². The lowest BCUT2D eigenvalue weighted by atomic mass is 10.0. The van der Waals surface area contributed by atoms with Crippen LogP contribution in [0.1, 0.15) is 31.8 Å². The number of esters is 2. The Bertz CT molecular complexity index is 681. The Labute approximate surface area is 135 Å². The van der Waals surface area contributed by atoms with Crippen LogP contribution in [0.4, 0.5) is 0 Å². The number of benzene rings is 2. The molecular weight excluding hydrogens is 288 g/mol. The molecule has 0 saturated carbocycles. The maximum Gasteiger partial charge on any atom is 0.346 e. The SMILES string of the molecule is C=CCc1ccccc1C(=O)OC(=O)c1ccccc1CC=C. The van der Waals surface area contributed by atoms with Crippen molar-refractivity contribution >= 4 is 11.9 Å². The summed E-state index contributed by atoms with van der Waals surface area (Å²) >= 11 is 0. The van der Waals surface area contributed by atoms with Gasteiger partial charge in [0.1, 0.15) is 0 Å². The molecule has 0 bridgehead atoms. The summed E-state index contributed by atoms with van der Waals surface area (Å²) in [6.45, 7) is 7.34. The molecule has 3 heteroatoms. The lowest BCUT2D eigenvalue weighted by molar-refractivity contribution is 0.0396. The summed E-state index contributed by atoms with van der Waals surface area (Å²) in [5.74, 6) is -1.30. The molecule has 0 aliphatic rings. The van der Waals surface area contributed by atoms with Crippen LogP contribution in [0.3, 0.4) is 0 Å². The van der Waals surface area contributed by atoms with Crippen molar-refractivity contribution in [1.29, 1.82) is 0 Å². The fourth-order valence-corrected chi connectivity index (χ4v) is 2.30. The maximum atomic E-state index is 12.3. The Balaban J connectivity index is 2.22. The van der Waals surface area contributed by atoms with Crippen LogP contribution < -0.4 is 0 Å². The molecule has 0 radical (unpaired) electrons. The first-order valence-electron chi connectivity index (χ1n) is 7.31. The minimum Gasteiger partial charge on any atom is -0.386 e. The van der Waals surface area contributed by atoms with Crippen molar-refractivity contribution in [3.63, 3.8) is 0 Å². The number of carbonyl (C=O) groups excluding carboxylic acids is 2. The molecule has 2 aromatic rings. The Morgan fingerprint density at radius 1 is 0.783 bits per heavy atom. The van der Waals surface area contributed by atoms with E-state index in [1.165, 1.54) is 0 Å². The molecule has 0 amide bonds. The molecule has 0 atom stereocenters. The van der Waals surface area contributed by atoms with Crippen LogP contribution >= 0.6 is 0 Å². The second kappa shape index (κ2) is 7.90. The Morgan fingerprint density at radius 2 is 1.17 bits per heavy atom. The zero-order chi connectivity index (χ0) is 16.7. The third-order valence-corrected chi connectivity index (χ3v) is 3.39. The summed E-state index contributed by atoms with van der Waals surface area (Å²) < 4.78 is 5.05. The first-order valence-corrected chi connectivity index (χ1v) is 7.31. The van der Waals surface area contributed by atoms with Gasteiger partial charge in [0.25, 0.3) is 0 Å². The third kappa shape index (κ3) is 4.04. The summed E-state index contributed by atoms with van der Waals surface area (Å²) in [7, 11) is 0. The zero-order valence-corrected chi connectivity index (χ0v) is 12.8. The van der Waals surface area contributed by atoms with E-state index in [1.807, 2.05) is 24.3 Å². The molecule has 0 saturated heterocycles. The first-order chi connectivity index (χ1) is 11.2. The highest BCUT2D eigenvalue weighted by Crippen LogP contribution is 2.15. The molecule has 0 fully saturated rings. The van der Waals surface area contributed by atoms with E-state index in [2.05, 4.69) is 13.2 Å². The molecule has 0 unspecified atom stereocenters. The fourth-order valence-electron chi connectivity index (χ4n) is 2.30. The quantitative estimate of drug-likeness (QED) is 0.457.